The first-order valence-corrected chi connectivity index (χ1v) is 6.76. The van der Waals surface area contributed by atoms with Crippen LogP contribution in [0.25, 0.3) is 0 Å². The van der Waals surface area contributed by atoms with E-state index in [1.54, 1.807) is 0 Å². The van der Waals surface area contributed by atoms with Crippen molar-refractivity contribution < 1.29 is 40.5 Å². The number of nitro groups is 1. The minimum Gasteiger partial charge on any atom is -0.358 e. The summed E-state index contributed by atoms with van der Waals surface area (Å²) in [5.74, 6) is -12.6. The number of nitrogens with zero attached hydrogens (tertiary/aromatic N) is 3. The molecule has 0 radical (unpaired) electrons. The smallest absolute Gasteiger partial charge is 0.358 e. The lowest BCUT2D eigenvalue weighted by molar-refractivity contribution is -0.392. The van der Waals surface area contributed by atoms with Gasteiger partial charge in [-0.25, -0.2) is 17.6 Å². The Labute approximate surface area is 144 Å². The summed E-state index contributed by atoms with van der Waals surface area (Å²) in [7, 11) is 0. The molecule has 0 saturated heterocycles. The molecule has 14 heteroatoms. The van der Waals surface area contributed by atoms with Crippen molar-refractivity contribution in [3.05, 3.63) is 50.7 Å². The Hall–Kier alpha value is -3.19. The van der Waals surface area contributed by atoms with Crippen LogP contribution in [-0.2, 0) is 17.5 Å². The van der Waals surface area contributed by atoms with Gasteiger partial charge in [0.1, 0.15) is 11.3 Å². The van der Waals surface area contributed by atoms with Gasteiger partial charge >= 0.3 is 12.0 Å². The normalized spacial score (nSPS) is 11.6. The van der Waals surface area contributed by atoms with Crippen molar-refractivity contribution in [2.24, 2.45) is 0 Å². The first kappa shape index (κ1) is 20.1. The van der Waals surface area contributed by atoms with Gasteiger partial charge in [-0.1, -0.05) is 5.10 Å². The minimum atomic E-state index is -5.73. The third-order valence-electron chi connectivity index (χ3n) is 3.17. The molecule has 146 valence electrons. The molecule has 2 rings (SSSR count). The van der Waals surface area contributed by atoms with Crippen LogP contribution in [0.5, 0.6) is 0 Å². The van der Waals surface area contributed by atoms with E-state index in [0.717, 1.165) is 6.07 Å². The molecule has 1 N–H and O–H groups in total. The number of alkyl halides is 3. The second kappa shape index (κ2) is 6.85. The summed E-state index contributed by atoms with van der Waals surface area (Å²) in [5, 5.41) is 15.7. The predicted molar refractivity (Wildman–Crippen MR) is 73.5 cm³/mol. The van der Waals surface area contributed by atoms with Gasteiger partial charge in [-0.2, -0.15) is 13.2 Å². The molecule has 1 heterocycles. The number of benzene rings is 1. The summed E-state index contributed by atoms with van der Waals surface area (Å²) < 4.78 is 92.4. The molecule has 0 spiro atoms. The summed E-state index contributed by atoms with van der Waals surface area (Å²) in [6, 6.07) is 0.964. The molecule has 0 atom stereocenters. The lowest BCUT2D eigenvalue weighted by Crippen LogP contribution is -2.24. The molecule has 1 aromatic carbocycles. The average Bonchev–Trinajstić information content (AvgIpc) is 2.89. The highest BCUT2D eigenvalue weighted by molar-refractivity contribution is 5.91. The van der Waals surface area contributed by atoms with Gasteiger partial charge in [-0.15, -0.1) is 4.68 Å². The van der Waals surface area contributed by atoms with Crippen LogP contribution in [0.4, 0.5) is 42.2 Å². The molecule has 7 nitrogen and oxygen atoms in total. The fourth-order valence-electron chi connectivity index (χ4n) is 2.10. The van der Waals surface area contributed by atoms with E-state index in [4.69, 9.17) is 0 Å². The van der Waals surface area contributed by atoms with Gasteiger partial charge in [0.25, 0.3) is 5.91 Å². The van der Waals surface area contributed by atoms with E-state index in [1.807, 2.05) is 0 Å². The first-order valence-electron chi connectivity index (χ1n) is 6.76. The van der Waals surface area contributed by atoms with Crippen LogP contribution in [0.1, 0.15) is 11.3 Å². The van der Waals surface area contributed by atoms with Gasteiger partial charge in [0, 0.05) is 0 Å². The number of hydrogen-bond donors (Lipinski definition) is 1. The van der Waals surface area contributed by atoms with E-state index in [0.29, 0.717) is 4.68 Å². The quantitative estimate of drug-likeness (QED) is 0.369. The number of aromatic nitrogens is 2. The molecule has 1 amide bonds. The number of carbonyl (C=O) groups is 1. The largest absolute Gasteiger partial charge is 0.422 e. The molecule has 27 heavy (non-hydrogen) atoms. The highest BCUT2D eigenvalue weighted by Crippen LogP contribution is 2.38. The Morgan fingerprint density at radius 2 is 1.70 bits per heavy atom. The number of halogens is 7. The molecule has 0 bridgehead atoms. The zero-order valence-corrected chi connectivity index (χ0v) is 13.0. The van der Waals surface area contributed by atoms with Gasteiger partial charge in [0.05, 0.1) is 11.8 Å². The Balaban J connectivity index is 2.38. The van der Waals surface area contributed by atoms with Crippen molar-refractivity contribution in [1.29, 1.82) is 0 Å². The van der Waals surface area contributed by atoms with Crippen LogP contribution in [0, 0.1) is 40.3 Å². The topological polar surface area (TPSA) is 90.1 Å². The number of aryl methyl sites for hydroxylation is 1. The van der Waals surface area contributed by atoms with Crippen LogP contribution >= 0.6 is 0 Å². The Bertz CT molecular complexity index is 910. The van der Waals surface area contributed by atoms with Gasteiger partial charge in [0.2, 0.25) is 0 Å². The lowest BCUT2D eigenvalue weighted by Gasteiger charge is -2.14. The van der Waals surface area contributed by atoms with Gasteiger partial charge in [-0.3, -0.25) is 4.79 Å². The number of anilines is 1. The Morgan fingerprint density at radius 3 is 2.15 bits per heavy atom. The van der Waals surface area contributed by atoms with Crippen molar-refractivity contribution in [2.75, 3.05) is 5.32 Å². The van der Waals surface area contributed by atoms with E-state index in [9.17, 15) is 45.6 Å². The summed E-state index contributed by atoms with van der Waals surface area (Å²) in [4.78, 5) is 21.6. The maximum Gasteiger partial charge on any atom is 0.422 e. The molecule has 0 unspecified atom stereocenters. The average molecular weight is 400 g/mol. The second-order valence-corrected chi connectivity index (χ2v) is 5.11. The van der Waals surface area contributed by atoms with Crippen LogP contribution in [-0.4, -0.2) is 20.6 Å². The third kappa shape index (κ3) is 3.83. The van der Waals surface area contributed by atoms with Crippen LogP contribution in [0.2, 0.25) is 0 Å². The maximum atomic E-state index is 13.7. The van der Waals surface area contributed by atoms with Gasteiger partial charge in [0.15, 0.2) is 29.8 Å². The molecule has 0 aliphatic rings. The van der Waals surface area contributed by atoms with E-state index < -0.39 is 63.9 Å². The van der Waals surface area contributed by atoms with Crippen molar-refractivity contribution in [1.82, 2.24) is 9.78 Å². The molecule has 0 fully saturated rings. The van der Waals surface area contributed by atoms with Crippen molar-refractivity contribution >= 4 is 17.4 Å². The number of amides is 1. The highest BCUT2D eigenvalue weighted by Gasteiger charge is 2.42. The molecule has 0 saturated carbocycles. The zero-order valence-electron chi connectivity index (χ0n) is 13.0. The molecular weight excluding hydrogens is 393 g/mol. The van der Waals surface area contributed by atoms with Crippen LogP contribution in [0.15, 0.2) is 6.07 Å². The number of rotatable bonds is 4. The minimum absolute atomic E-state index is 0.110. The fourth-order valence-corrected chi connectivity index (χ4v) is 2.10. The van der Waals surface area contributed by atoms with E-state index in [1.165, 1.54) is 12.2 Å². The zero-order chi connectivity index (χ0) is 20.7. The number of hydrogen-bond acceptors (Lipinski definition) is 4. The first-order chi connectivity index (χ1) is 12.3. The van der Waals surface area contributed by atoms with E-state index >= 15 is 0 Å². The summed E-state index contributed by atoms with van der Waals surface area (Å²) in [5.41, 5.74) is -4.50. The lowest BCUT2D eigenvalue weighted by atomic mass is 10.1. The summed E-state index contributed by atoms with van der Waals surface area (Å²) in [6.45, 7) is 0.328. The highest BCUT2D eigenvalue weighted by atomic mass is 19.4. The summed E-state index contributed by atoms with van der Waals surface area (Å²) in [6.07, 6.45) is -5.73. The Morgan fingerprint density at radius 1 is 1.19 bits per heavy atom. The SMILES string of the molecule is Cc1cc([N+](=O)[O-])n(CC(=O)Nc2c(F)c(F)c(C(F)(F)F)c(F)c2F)n1. The van der Waals surface area contributed by atoms with Gasteiger partial charge in [-0.05, 0) is 11.8 Å². The van der Waals surface area contributed by atoms with Crippen LogP contribution in [0.3, 0.4) is 0 Å². The van der Waals surface area contributed by atoms with Crippen molar-refractivity contribution in [3.63, 3.8) is 0 Å². The number of carbonyl (C=O) groups excluding carboxylic acids is 1. The van der Waals surface area contributed by atoms with E-state index in [2.05, 4.69) is 5.10 Å². The number of nitrogens with one attached hydrogen (secondary N) is 1. The molecular formula is C13H7F7N4O3. The fraction of sp³-hybridized carbons (Fsp3) is 0.231. The molecule has 2 aromatic rings. The van der Waals surface area contributed by atoms with Gasteiger partial charge < -0.3 is 15.4 Å². The molecule has 0 aliphatic carbocycles. The van der Waals surface area contributed by atoms with E-state index in [-0.39, 0.29) is 5.69 Å². The predicted octanol–water partition coefficient (Wildman–Crippen LogP) is 3.31. The third-order valence-corrected chi connectivity index (χ3v) is 3.17. The Kier molecular flexibility index (Phi) is 5.10. The molecule has 0 aliphatic heterocycles. The monoisotopic (exact) mass is 400 g/mol. The molecule has 1 aromatic heterocycles. The standard InChI is InChI=1S/C13H7F7N4O3/c1-4-2-6(24(26)27)23(22-4)3-5(25)21-12-10(16)8(14)7(13(18,19)20)9(15)11(12)17/h2H,3H2,1H3,(H,21,25). The van der Waals surface area contributed by atoms with Crippen molar-refractivity contribution in [3.8, 4) is 0 Å². The maximum absolute atomic E-state index is 13.7. The van der Waals surface area contributed by atoms with Crippen LogP contribution < -0.4 is 5.32 Å². The summed E-state index contributed by atoms with van der Waals surface area (Å²) >= 11 is 0. The van der Waals surface area contributed by atoms with Crippen molar-refractivity contribution in [2.45, 2.75) is 19.6 Å². The second-order valence-electron chi connectivity index (χ2n) is 5.11.